The molecule has 2 nitrogen and oxygen atoms in total. The maximum Gasteiger partial charge on any atom is 0.186 e. The van der Waals surface area contributed by atoms with Crippen molar-refractivity contribution in [2.75, 3.05) is 13.6 Å². The van der Waals surface area contributed by atoms with Crippen LogP contribution in [-0.4, -0.2) is 24.3 Å². The molecule has 0 amide bonds. The van der Waals surface area contributed by atoms with E-state index in [0.29, 0.717) is 6.54 Å². The van der Waals surface area contributed by atoms with Gasteiger partial charge in [-0.25, -0.2) is 0 Å². The number of hydrogen-bond donors (Lipinski definition) is 0. The number of Topliss-reactive ketones (excluding diaryl/α,β-unsaturated/α-hetero) is 1. The minimum Gasteiger partial charge on any atom is -0.292 e. The molecule has 0 bridgehead atoms. The predicted octanol–water partition coefficient (Wildman–Crippen LogP) is 4.59. The minimum absolute atomic E-state index is 0.105. The number of hydrogen-bond acceptors (Lipinski definition) is 3. The van der Waals surface area contributed by atoms with E-state index < -0.39 is 0 Å². The lowest BCUT2D eigenvalue weighted by Crippen LogP contribution is -2.28. The van der Waals surface area contributed by atoms with Gasteiger partial charge in [0.05, 0.1) is 11.4 Å². The molecule has 0 aliphatic rings. The molecular weight excluding hydrogens is 290 g/mol. The smallest absolute Gasteiger partial charge is 0.186 e. The molecule has 1 aromatic carbocycles. The van der Waals surface area contributed by atoms with Gasteiger partial charge in [0, 0.05) is 15.9 Å². The monoisotopic (exact) mass is 307 g/mol. The van der Waals surface area contributed by atoms with Crippen molar-refractivity contribution in [2.45, 2.75) is 19.9 Å². The van der Waals surface area contributed by atoms with Crippen molar-refractivity contribution < 1.29 is 4.79 Å². The van der Waals surface area contributed by atoms with Gasteiger partial charge in [0.1, 0.15) is 0 Å². The van der Waals surface area contributed by atoms with Crippen LogP contribution in [0, 0.1) is 6.92 Å². The average molecular weight is 308 g/mol. The van der Waals surface area contributed by atoms with E-state index in [9.17, 15) is 4.79 Å². The Labute approximate surface area is 129 Å². The topological polar surface area (TPSA) is 20.3 Å². The Morgan fingerprint density at radius 2 is 2.00 bits per heavy atom. The molecule has 0 radical (unpaired) electrons. The number of benzene rings is 1. The normalized spacial score (nSPS) is 12.7. The number of thiophene rings is 1. The highest BCUT2D eigenvalue weighted by Gasteiger charge is 2.18. The molecule has 0 N–H and O–H groups in total. The van der Waals surface area contributed by atoms with Crippen molar-refractivity contribution in [2.24, 2.45) is 0 Å². The van der Waals surface area contributed by atoms with Crippen molar-refractivity contribution in [3.8, 4) is 0 Å². The fraction of sp³-hybridized carbons (Fsp3) is 0.312. The highest BCUT2D eigenvalue weighted by atomic mass is 35.5. The second kappa shape index (κ2) is 6.53. The number of nitrogens with zero attached hydrogens (tertiary/aromatic N) is 1. The zero-order valence-corrected chi connectivity index (χ0v) is 13.5. The van der Waals surface area contributed by atoms with Crippen molar-refractivity contribution in [1.29, 1.82) is 0 Å². The van der Waals surface area contributed by atoms with Crippen LogP contribution in [0.25, 0.3) is 0 Å². The van der Waals surface area contributed by atoms with Gasteiger partial charge in [-0.05, 0) is 44.7 Å². The molecule has 0 saturated heterocycles. The summed E-state index contributed by atoms with van der Waals surface area (Å²) in [6, 6.07) is 11.8. The van der Waals surface area contributed by atoms with Crippen LogP contribution >= 0.6 is 22.9 Å². The van der Waals surface area contributed by atoms with Gasteiger partial charge in [-0.1, -0.05) is 29.8 Å². The number of carbonyl (C=O) groups excluding carboxylic acids is 1. The zero-order valence-electron chi connectivity index (χ0n) is 11.9. The maximum absolute atomic E-state index is 12.2. The average Bonchev–Trinajstić information content (AvgIpc) is 2.85. The molecule has 1 atom stereocenters. The number of aryl methyl sites for hydroxylation is 1. The summed E-state index contributed by atoms with van der Waals surface area (Å²) in [4.78, 5) is 16.2. The van der Waals surface area contributed by atoms with Crippen LogP contribution in [0.15, 0.2) is 36.4 Å². The molecule has 4 heteroatoms. The van der Waals surface area contributed by atoms with Crippen LogP contribution in [0.4, 0.5) is 0 Å². The van der Waals surface area contributed by atoms with Crippen LogP contribution in [-0.2, 0) is 0 Å². The Kier molecular flexibility index (Phi) is 4.97. The zero-order chi connectivity index (χ0) is 14.7. The molecule has 2 rings (SSSR count). The van der Waals surface area contributed by atoms with Gasteiger partial charge in [0.2, 0.25) is 0 Å². The highest BCUT2D eigenvalue weighted by Crippen LogP contribution is 2.26. The lowest BCUT2D eigenvalue weighted by Gasteiger charge is -2.24. The quantitative estimate of drug-likeness (QED) is 0.753. The molecule has 1 heterocycles. The summed E-state index contributed by atoms with van der Waals surface area (Å²) in [5.74, 6) is 0.157. The summed E-state index contributed by atoms with van der Waals surface area (Å²) < 4.78 is 0. The molecule has 20 heavy (non-hydrogen) atoms. The molecule has 1 unspecified atom stereocenters. The summed E-state index contributed by atoms with van der Waals surface area (Å²) in [6.07, 6.45) is 0. The van der Waals surface area contributed by atoms with E-state index in [1.54, 1.807) is 11.3 Å². The third-order valence-corrected chi connectivity index (χ3v) is 4.81. The SMILES string of the molecule is Cc1ccc(C(=O)CN(C)C(C)c2ccccc2Cl)s1. The van der Waals surface area contributed by atoms with Crippen molar-refractivity contribution in [1.82, 2.24) is 4.90 Å². The Bertz CT molecular complexity index is 608. The van der Waals surface area contributed by atoms with E-state index in [4.69, 9.17) is 11.6 Å². The van der Waals surface area contributed by atoms with Gasteiger partial charge in [-0.3, -0.25) is 9.69 Å². The van der Waals surface area contributed by atoms with E-state index in [1.165, 1.54) is 0 Å². The standard InChI is InChI=1S/C16H18ClNOS/c1-11-8-9-16(20-11)15(19)10-18(3)12(2)13-6-4-5-7-14(13)17/h4-9,12H,10H2,1-3H3. The molecule has 106 valence electrons. The van der Waals surface area contributed by atoms with Crippen molar-refractivity contribution >= 4 is 28.7 Å². The van der Waals surface area contributed by atoms with Crippen LogP contribution in [0.3, 0.4) is 0 Å². The lowest BCUT2D eigenvalue weighted by atomic mass is 10.1. The van der Waals surface area contributed by atoms with E-state index in [2.05, 4.69) is 6.92 Å². The van der Waals surface area contributed by atoms with E-state index in [-0.39, 0.29) is 11.8 Å². The molecular formula is C16H18ClNOS. The van der Waals surface area contributed by atoms with Crippen LogP contribution in [0.2, 0.25) is 5.02 Å². The first-order valence-corrected chi connectivity index (χ1v) is 7.73. The summed E-state index contributed by atoms with van der Waals surface area (Å²) >= 11 is 7.76. The van der Waals surface area contributed by atoms with Gasteiger partial charge >= 0.3 is 0 Å². The highest BCUT2D eigenvalue weighted by molar-refractivity contribution is 7.14. The van der Waals surface area contributed by atoms with Gasteiger partial charge < -0.3 is 0 Å². The number of rotatable bonds is 5. The first-order valence-electron chi connectivity index (χ1n) is 6.53. The van der Waals surface area contributed by atoms with E-state index >= 15 is 0 Å². The number of carbonyl (C=O) groups is 1. The third-order valence-electron chi connectivity index (χ3n) is 3.42. The summed E-state index contributed by atoms with van der Waals surface area (Å²) in [6.45, 7) is 4.47. The van der Waals surface area contributed by atoms with Crippen LogP contribution in [0.5, 0.6) is 0 Å². The molecule has 0 fully saturated rings. The Balaban J connectivity index is 2.06. The number of likely N-dealkylation sites (N-methyl/N-ethyl adjacent to an activating group) is 1. The first-order chi connectivity index (χ1) is 9.49. The summed E-state index contributed by atoms with van der Waals surface area (Å²) in [5.41, 5.74) is 1.05. The largest absolute Gasteiger partial charge is 0.292 e. The molecule has 0 aliphatic carbocycles. The predicted molar refractivity (Wildman–Crippen MR) is 85.9 cm³/mol. The molecule has 0 spiro atoms. The van der Waals surface area contributed by atoms with Crippen LogP contribution in [0.1, 0.15) is 33.1 Å². The van der Waals surface area contributed by atoms with Gasteiger partial charge in [-0.2, -0.15) is 0 Å². The van der Waals surface area contributed by atoms with Gasteiger partial charge in [0.15, 0.2) is 5.78 Å². The second-order valence-electron chi connectivity index (χ2n) is 4.95. The lowest BCUT2D eigenvalue weighted by molar-refractivity contribution is 0.0929. The van der Waals surface area contributed by atoms with Gasteiger partial charge in [-0.15, -0.1) is 11.3 Å². The van der Waals surface area contributed by atoms with Crippen molar-refractivity contribution in [3.05, 3.63) is 56.7 Å². The molecule has 0 saturated carbocycles. The number of halogens is 1. The Morgan fingerprint density at radius 3 is 2.60 bits per heavy atom. The van der Waals surface area contributed by atoms with Crippen LogP contribution < -0.4 is 0 Å². The first kappa shape index (κ1) is 15.2. The number of ketones is 1. The Hall–Kier alpha value is -1.16. The fourth-order valence-electron chi connectivity index (χ4n) is 2.08. The second-order valence-corrected chi connectivity index (χ2v) is 6.64. The minimum atomic E-state index is 0.105. The van der Waals surface area contributed by atoms with Crippen molar-refractivity contribution in [3.63, 3.8) is 0 Å². The van der Waals surface area contributed by atoms with Gasteiger partial charge in [0.25, 0.3) is 0 Å². The third kappa shape index (κ3) is 3.48. The summed E-state index contributed by atoms with van der Waals surface area (Å²) in [5, 5.41) is 0.742. The molecule has 2 aromatic rings. The Morgan fingerprint density at radius 1 is 1.30 bits per heavy atom. The van der Waals surface area contributed by atoms with E-state index in [0.717, 1.165) is 20.3 Å². The fourth-order valence-corrected chi connectivity index (χ4v) is 3.17. The molecule has 0 aliphatic heterocycles. The maximum atomic E-state index is 12.2. The van der Waals surface area contributed by atoms with E-state index in [1.807, 2.05) is 55.3 Å². The molecule has 1 aromatic heterocycles. The summed E-state index contributed by atoms with van der Waals surface area (Å²) in [7, 11) is 1.95.